The maximum atomic E-state index is 13.1. The fourth-order valence-corrected chi connectivity index (χ4v) is 5.19. The van der Waals surface area contributed by atoms with E-state index in [0.29, 0.717) is 12.8 Å². The molecule has 7 heteroatoms. The lowest BCUT2D eigenvalue weighted by molar-refractivity contribution is -0.151. The van der Waals surface area contributed by atoms with Crippen LogP contribution in [0, 0.1) is 0 Å². The van der Waals surface area contributed by atoms with Crippen molar-refractivity contribution in [3.05, 3.63) is 30.3 Å². The fourth-order valence-electron chi connectivity index (χ4n) is 3.12. The van der Waals surface area contributed by atoms with Gasteiger partial charge in [-0.2, -0.15) is 0 Å². The van der Waals surface area contributed by atoms with Gasteiger partial charge in [-0.1, -0.05) is 38.0 Å². The van der Waals surface area contributed by atoms with Crippen LogP contribution in [0.25, 0.3) is 0 Å². The topological polar surface area (TPSA) is 89.5 Å². The SMILES string of the molecule is CCC(C)(C)NC(=O)COC(=O)C1(S(=O)(=O)c2ccccc2)CCCC1. The predicted octanol–water partition coefficient (Wildman–Crippen LogP) is 2.62. The monoisotopic (exact) mass is 381 g/mol. The van der Waals surface area contributed by atoms with Gasteiger partial charge in [-0.15, -0.1) is 0 Å². The summed E-state index contributed by atoms with van der Waals surface area (Å²) in [5.41, 5.74) is -0.412. The number of sulfone groups is 1. The third-order valence-corrected chi connectivity index (χ3v) is 7.54. The lowest BCUT2D eigenvalue weighted by Crippen LogP contribution is -2.48. The van der Waals surface area contributed by atoms with Gasteiger partial charge in [0.1, 0.15) is 0 Å². The summed E-state index contributed by atoms with van der Waals surface area (Å²) in [4.78, 5) is 24.9. The number of carbonyl (C=O) groups is 2. The average Bonchev–Trinajstić information content (AvgIpc) is 3.12. The van der Waals surface area contributed by atoms with Gasteiger partial charge in [0.15, 0.2) is 21.2 Å². The molecule has 0 unspecified atom stereocenters. The van der Waals surface area contributed by atoms with E-state index in [1.165, 1.54) is 12.1 Å². The van der Waals surface area contributed by atoms with E-state index in [1.807, 2.05) is 20.8 Å². The van der Waals surface area contributed by atoms with Crippen LogP contribution >= 0.6 is 0 Å². The van der Waals surface area contributed by atoms with Crippen molar-refractivity contribution in [3.8, 4) is 0 Å². The number of benzene rings is 1. The molecule has 1 aliphatic rings. The number of hydrogen-bond acceptors (Lipinski definition) is 5. The zero-order valence-electron chi connectivity index (χ0n) is 15.6. The lowest BCUT2D eigenvalue weighted by Gasteiger charge is -2.27. The first-order valence-electron chi connectivity index (χ1n) is 8.92. The lowest BCUT2D eigenvalue weighted by atomic mass is 10.0. The normalized spacial score (nSPS) is 16.9. The van der Waals surface area contributed by atoms with Crippen LogP contribution in [-0.4, -0.2) is 37.2 Å². The highest BCUT2D eigenvalue weighted by Gasteiger charge is 2.54. The van der Waals surface area contributed by atoms with Gasteiger partial charge in [-0.25, -0.2) is 8.42 Å². The van der Waals surface area contributed by atoms with E-state index in [0.717, 1.165) is 6.42 Å². The molecular formula is C19H27NO5S. The van der Waals surface area contributed by atoms with Crippen LogP contribution in [0.3, 0.4) is 0 Å². The molecule has 1 aromatic rings. The van der Waals surface area contributed by atoms with Crippen molar-refractivity contribution < 1.29 is 22.7 Å². The number of amides is 1. The first-order chi connectivity index (χ1) is 12.1. The summed E-state index contributed by atoms with van der Waals surface area (Å²) in [5.74, 6) is -1.27. The van der Waals surface area contributed by atoms with E-state index < -0.39 is 38.6 Å². The van der Waals surface area contributed by atoms with Crippen molar-refractivity contribution in [2.45, 2.75) is 68.1 Å². The molecule has 0 radical (unpaired) electrons. The molecule has 1 saturated carbocycles. The Morgan fingerprint density at radius 2 is 1.73 bits per heavy atom. The average molecular weight is 381 g/mol. The molecule has 6 nitrogen and oxygen atoms in total. The minimum atomic E-state index is -3.89. The largest absolute Gasteiger partial charge is 0.454 e. The van der Waals surface area contributed by atoms with Gasteiger partial charge in [-0.05, 0) is 45.2 Å². The van der Waals surface area contributed by atoms with E-state index in [9.17, 15) is 18.0 Å². The zero-order valence-corrected chi connectivity index (χ0v) is 16.4. The Morgan fingerprint density at radius 3 is 2.27 bits per heavy atom. The number of hydrogen-bond donors (Lipinski definition) is 1. The van der Waals surface area contributed by atoms with Crippen molar-refractivity contribution in [3.63, 3.8) is 0 Å². The Labute approximate surface area is 155 Å². The molecule has 1 N–H and O–H groups in total. The summed E-state index contributed by atoms with van der Waals surface area (Å²) in [7, 11) is -3.89. The molecule has 1 aromatic carbocycles. The predicted molar refractivity (Wildman–Crippen MR) is 98.3 cm³/mol. The van der Waals surface area contributed by atoms with Gasteiger partial charge in [0.2, 0.25) is 0 Å². The molecule has 1 amide bonds. The second-order valence-corrected chi connectivity index (χ2v) is 9.64. The standard InChI is InChI=1S/C19H27NO5S/c1-4-18(2,3)20-16(21)14-25-17(22)19(12-8-9-13-19)26(23,24)15-10-6-5-7-11-15/h5-7,10-11H,4,8-9,12-14H2,1-3H3,(H,20,21). The molecule has 0 aromatic heterocycles. The third-order valence-electron chi connectivity index (χ3n) is 5.05. The van der Waals surface area contributed by atoms with E-state index in [2.05, 4.69) is 5.32 Å². The Balaban J connectivity index is 2.17. The van der Waals surface area contributed by atoms with Crippen LogP contribution in [0.4, 0.5) is 0 Å². The van der Waals surface area contributed by atoms with Crippen molar-refractivity contribution in [1.29, 1.82) is 0 Å². The number of nitrogens with one attached hydrogen (secondary N) is 1. The molecule has 1 aliphatic carbocycles. The van der Waals surface area contributed by atoms with E-state index in [1.54, 1.807) is 18.2 Å². The molecule has 144 valence electrons. The van der Waals surface area contributed by atoms with Gasteiger partial charge in [0, 0.05) is 5.54 Å². The van der Waals surface area contributed by atoms with Crippen molar-refractivity contribution in [2.75, 3.05) is 6.61 Å². The highest BCUT2D eigenvalue weighted by atomic mass is 32.2. The van der Waals surface area contributed by atoms with E-state index >= 15 is 0 Å². The summed E-state index contributed by atoms with van der Waals surface area (Å²) in [5, 5.41) is 2.77. The summed E-state index contributed by atoms with van der Waals surface area (Å²) in [6.45, 7) is 5.19. The van der Waals surface area contributed by atoms with Gasteiger partial charge < -0.3 is 10.1 Å². The fraction of sp³-hybridized carbons (Fsp3) is 0.579. The molecular weight excluding hydrogens is 354 g/mol. The van der Waals surface area contributed by atoms with Gasteiger partial charge in [0.25, 0.3) is 5.91 Å². The van der Waals surface area contributed by atoms with Crippen LogP contribution in [0.5, 0.6) is 0 Å². The molecule has 0 aliphatic heterocycles. The zero-order chi connectivity index (χ0) is 19.4. The Hall–Kier alpha value is -1.89. The molecule has 26 heavy (non-hydrogen) atoms. The summed E-state index contributed by atoms with van der Waals surface area (Å²) in [6.07, 6.45) is 2.42. The second kappa shape index (κ2) is 7.78. The van der Waals surface area contributed by atoms with Crippen molar-refractivity contribution in [2.24, 2.45) is 0 Å². The Bertz CT molecular complexity index is 749. The summed E-state index contributed by atoms with van der Waals surface area (Å²) < 4.78 is 29.8. The molecule has 0 atom stereocenters. The van der Waals surface area contributed by atoms with Crippen LogP contribution in [0.15, 0.2) is 35.2 Å². The quantitative estimate of drug-likeness (QED) is 0.733. The first kappa shape index (κ1) is 20.4. The van der Waals surface area contributed by atoms with Crippen LogP contribution in [0.2, 0.25) is 0 Å². The second-order valence-electron chi connectivity index (χ2n) is 7.38. The maximum absolute atomic E-state index is 13.1. The maximum Gasteiger partial charge on any atom is 0.328 e. The van der Waals surface area contributed by atoms with Gasteiger partial charge in [0.05, 0.1) is 4.90 Å². The summed E-state index contributed by atoms with van der Waals surface area (Å²) >= 11 is 0. The third kappa shape index (κ3) is 4.09. The van der Waals surface area contributed by atoms with Crippen molar-refractivity contribution in [1.82, 2.24) is 5.32 Å². The Kier molecular flexibility index (Phi) is 6.11. The van der Waals surface area contributed by atoms with Crippen LogP contribution in [-0.2, 0) is 24.2 Å². The van der Waals surface area contributed by atoms with Gasteiger partial charge in [-0.3, -0.25) is 9.59 Å². The Morgan fingerprint density at radius 1 is 1.15 bits per heavy atom. The summed E-state index contributed by atoms with van der Waals surface area (Å²) in [6, 6.07) is 7.94. The minimum absolute atomic E-state index is 0.107. The molecule has 1 fully saturated rings. The van der Waals surface area contributed by atoms with E-state index in [-0.39, 0.29) is 17.7 Å². The molecule has 0 spiro atoms. The van der Waals surface area contributed by atoms with Crippen molar-refractivity contribution >= 4 is 21.7 Å². The van der Waals surface area contributed by atoms with Crippen LogP contribution in [0.1, 0.15) is 52.9 Å². The van der Waals surface area contributed by atoms with Crippen LogP contribution < -0.4 is 5.32 Å². The number of carbonyl (C=O) groups excluding carboxylic acids is 2. The van der Waals surface area contributed by atoms with Gasteiger partial charge >= 0.3 is 5.97 Å². The highest BCUT2D eigenvalue weighted by molar-refractivity contribution is 7.93. The molecule has 2 rings (SSSR count). The molecule has 0 saturated heterocycles. The smallest absolute Gasteiger partial charge is 0.328 e. The number of rotatable bonds is 7. The van der Waals surface area contributed by atoms with E-state index in [4.69, 9.17) is 4.74 Å². The molecule has 0 heterocycles. The number of esters is 1. The highest BCUT2D eigenvalue weighted by Crippen LogP contribution is 2.41. The molecule has 0 bridgehead atoms. The minimum Gasteiger partial charge on any atom is -0.454 e. The first-order valence-corrected chi connectivity index (χ1v) is 10.4. The number of ether oxygens (including phenoxy) is 1.